The van der Waals surface area contributed by atoms with Gasteiger partial charge in [-0.25, -0.2) is 0 Å². The Kier molecular flexibility index (Phi) is 6.29. The van der Waals surface area contributed by atoms with Crippen LogP contribution in [0.4, 0.5) is 0 Å². The van der Waals surface area contributed by atoms with Gasteiger partial charge in [-0.3, -0.25) is 9.59 Å². The molecule has 0 unspecified atom stereocenters. The Morgan fingerprint density at radius 3 is 1.48 bits per heavy atom. The van der Waals surface area contributed by atoms with E-state index in [1.807, 2.05) is 0 Å². The summed E-state index contributed by atoms with van der Waals surface area (Å²) in [6, 6.07) is 12.9. The summed E-state index contributed by atoms with van der Waals surface area (Å²) in [6.45, 7) is 1.79. The first kappa shape index (κ1) is 18.2. The van der Waals surface area contributed by atoms with Crippen molar-refractivity contribution in [1.29, 1.82) is 0 Å². The Labute approximate surface area is 146 Å². The van der Waals surface area contributed by atoms with Crippen LogP contribution in [0.1, 0.15) is 24.5 Å². The maximum Gasteiger partial charge on any atom is 0.166 e. The topological polar surface area (TPSA) is 74.6 Å². The second kappa shape index (κ2) is 8.64. The molecule has 4 heteroatoms. The van der Waals surface area contributed by atoms with Gasteiger partial charge in [-0.1, -0.05) is 43.3 Å². The van der Waals surface area contributed by atoms with Gasteiger partial charge in [0.05, 0.1) is 5.92 Å². The van der Waals surface area contributed by atoms with Crippen LogP contribution in [0.3, 0.4) is 0 Å². The largest absolute Gasteiger partial charge is 0.508 e. The molecule has 4 nitrogen and oxygen atoms in total. The minimum Gasteiger partial charge on any atom is -0.508 e. The second-order valence-corrected chi connectivity index (χ2v) is 5.62. The molecule has 0 heterocycles. The third-order valence-corrected chi connectivity index (χ3v) is 3.76. The van der Waals surface area contributed by atoms with E-state index in [0.29, 0.717) is 6.42 Å². The van der Waals surface area contributed by atoms with E-state index in [2.05, 4.69) is 0 Å². The summed E-state index contributed by atoms with van der Waals surface area (Å²) in [4.78, 5) is 24.6. The summed E-state index contributed by atoms with van der Waals surface area (Å²) < 4.78 is 0. The number of carbonyl (C=O) groups is 2. The van der Waals surface area contributed by atoms with Gasteiger partial charge >= 0.3 is 0 Å². The molecule has 2 aromatic rings. The highest BCUT2D eigenvalue weighted by Gasteiger charge is 2.20. The van der Waals surface area contributed by atoms with Gasteiger partial charge in [-0.05, 0) is 54.0 Å². The molecule has 0 aliphatic heterocycles. The lowest BCUT2D eigenvalue weighted by Crippen LogP contribution is -2.20. The van der Waals surface area contributed by atoms with Gasteiger partial charge in [0.25, 0.3) is 0 Å². The van der Waals surface area contributed by atoms with Crippen molar-refractivity contribution in [3.05, 3.63) is 71.8 Å². The summed E-state index contributed by atoms with van der Waals surface area (Å²) in [5.41, 5.74) is 1.54. The molecule has 0 radical (unpaired) electrons. The average Bonchev–Trinajstić information content (AvgIpc) is 2.61. The molecule has 0 amide bonds. The molecule has 25 heavy (non-hydrogen) atoms. The first-order valence-electron chi connectivity index (χ1n) is 8.01. The Morgan fingerprint density at radius 1 is 0.800 bits per heavy atom. The fourth-order valence-corrected chi connectivity index (χ4v) is 2.30. The van der Waals surface area contributed by atoms with Crippen molar-refractivity contribution in [2.75, 3.05) is 0 Å². The lowest BCUT2D eigenvalue weighted by atomic mass is 9.94. The van der Waals surface area contributed by atoms with Crippen molar-refractivity contribution in [2.24, 2.45) is 5.92 Å². The summed E-state index contributed by atoms with van der Waals surface area (Å²) in [5.74, 6) is -0.914. The van der Waals surface area contributed by atoms with E-state index in [1.165, 1.54) is 36.4 Å². The molecule has 2 aromatic carbocycles. The lowest BCUT2D eigenvalue weighted by molar-refractivity contribution is -0.127. The first-order chi connectivity index (χ1) is 12.0. The number of phenols is 2. The lowest BCUT2D eigenvalue weighted by Gasteiger charge is -2.07. The molecule has 0 fully saturated rings. The molecule has 128 valence electrons. The molecule has 0 aliphatic carbocycles. The van der Waals surface area contributed by atoms with E-state index in [4.69, 9.17) is 0 Å². The number of aromatic hydroxyl groups is 2. The van der Waals surface area contributed by atoms with Crippen LogP contribution < -0.4 is 0 Å². The molecule has 0 saturated carbocycles. The zero-order valence-electron chi connectivity index (χ0n) is 13.9. The predicted molar refractivity (Wildman–Crippen MR) is 98.1 cm³/mol. The molecule has 0 aromatic heterocycles. The quantitative estimate of drug-likeness (QED) is 0.592. The highest BCUT2D eigenvalue weighted by atomic mass is 16.3. The Hall–Kier alpha value is -3.14. The molecule has 2 rings (SSSR count). The molecule has 0 atom stereocenters. The van der Waals surface area contributed by atoms with Crippen LogP contribution in [0.5, 0.6) is 11.5 Å². The predicted octanol–water partition coefficient (Wildman–Crippen LogP) is 3.99. The maximum absolute atomic E-state index is 12.3. The van der Waals surface area contributed by atoms with E-state index in [-0.39, 0.29) is 23.1 Å². The van der Waals surface area contributed by atoms with E-state index in [9.17, 15) is 19.8 Å². The van der Waals surface area contributed by atoms with E-state index >= 15 is 0 Å². The Morgan fingerprint density at radius 2 is 1.16 bits per heavy atom. The van der Waals surface area contributed by atoms with Crippen LogP contribution in [0.2, 0.25) is 0 Å². The number of benzene rings is 2. The number of hydrogen-bond acceptors (Lipinski definition) is 4. The van der Waals surface area contributed by atoms with Crippen molar-refractivity contribution in [3.63, 3.8) is 0 Å². The average molecular weight is 336 g/mol. The number of rotatable bonds is 7. The fraction of sp³-hybridized carbons (Fsp3) is 0.143. The minimum atomic E-state index is -0.721. The third-order valence-electron chi connectivity index (χ3n) is 3.76. The van der Waals surface area contributed by atoms with Crippen molar-refractivity contribution in [2.45, 2.75) is 13.3 Å². The zero-order valence-corrected chi connectivity index (χ0v) is 13.9. The Balaban J connectivity index is 2.04. The summed E-state index contributed by atoms with van der Waals surface area (Å²) in [7, 11) is 0. The molecule has 2 N–H and O–H groups in total. The van der Waals surface area contributed by atoms with E-state index in [0.717, 1.165) is 11.1 Å². The third kappa shape index (κ3) is 5.46. The van der Waals surface area contributed by atoms with E-state index in [1.54, 1.807) is 43.3 Å². The maximum atomic E-state index is 12.3. The number of phenolic OH excluding ortho intramolecular Hbond substituents is 2. The zero-order chi connectivity index (χ0) is 18.2. The van der Waals surface area contributed by atoms with Crippen LogP contribution in [0, 0.1) is 5.92 Å². The molecular formula is C21H20O4. The standard InChI is InChI=1S/C21H20O4/c1-2-19(20(24)13-7-15-3-9-17(22)10-4-15)21(25)14-8-16-5-11-18(23)12-6-16/h3-14,19,22-23H,2H2,1H3. The first-order valence-corrected chi connectivity index (χ1v) is 8.01. The highest BCUT2D eigenvalue weighted by Crippen LogP contribution is 2.15. The number of ketones is 2. The van der Waals surface area contributed by atoms with Gasteiger partial charge in [0.2, 0.25) is 0 Å². The Bertz CT molecular complexity index is 716. The van der Waals surface area contributed by atoms with Gasteiger partial charge in [-0.2, -0.15) is 0 Å². The van der Waals surface area contributed by atoms with Crippen LogP contribution in [-0.4, -0.2) is 21.8 Å². The minimum absolute atomic E-state index is 0.157. The molecule has 0 spiro atoms. The monoisotopic (exact) mass is 336 g/mol. The summed E-state index contributed by atoms with van der Waals surface area (Å²) in [5, 5.41) is 18.5. The van der Waals surface area contributed by atoms with Crippen LogP contribution in [0.25, 0.3) is 12.2 Å². The van der Waals surface area contributed by atoms with Gasteiger partial charge in [0.15, 0.2) is 11.6 Å². The van der Waals surface area contributed by atoms with Gasteiger partial charge < -0.3 is 10.2 Å². The summed E-state index contributed by atoms with van der Waals surface area (Å²) in [6.07, 6.45) is 6.46. The number of hydrogen-bond donors (Lipinski definition) is 2. The van der Waals surface area contributed by atoms with Gasteiger partial charge in [0, 0.05) is 0 Å². The van der Waals surface area contributed by atoms with Gasteiger partial charge in [-0.15, -0.1) is 0 Å². The summed E-state index contributed by atoms with van der Waals surface area (Å²) >= 11 is 0. The van der Waals surface area contributed by atoms with Gasteiger partial charge in [0.1, 0.15) is 11.5 Å². The number of carbonyl (C=O) groups excluding carboxylic acids is 2. The molecule has 0 saturated heterocycles. The van der Waals surface area contributed by atoms with Crippen molar-refractivity contribution < 1.29 is 19.8 Å². The van der Waals surface area contributed by atoms with Crippen molar-refractivity contribution in [1.82, 2.24) is 0 Å². The molecule has 0 bridgehead atoms. The van der Waals surface area contributed by atoms with Crippen LogP contribution >= 0.6 is 0 Å². The van der Waals surface area contributed by atoms with Crippen LogP contribution in [0.15, 0.2) is 60.7 Å². The van der Waals surface area contributed by atoms with Crippen LogP contribution in [-0.2, 0) is 9.59 Å². The molecular weight excluding hydrogens is 316 g/mol. The second-order valence-electron chi connectivity index (χ2n) is 5.62. The molecule has 0 aliphatic rings. The van der Waals surface area contributed by atoms with E-state index < -0.39 is 5.92 Å². The van der Waals surface area contributed by atoms with Crippen molar-refractivity contribution in [3.8, 4) is 11.5 Å². The highest BCUT2D eigenvalue weighted by molar-refractivity contribution is 6.13. The van der Waals surface area contributed by atoms with Crippen molar-refractivity contribution >= 4 is 23.7 Å². The normalized spacial score (nSPS) is 12.5. The smallest absolute Gasteiger partial charge is 0.166 e. The number of allylic oxidation sites excluding steroid dienone is 2. The fourth-order valence-electron chi connectivity index (χ4n) is 2.30. The SMILES string of the molecule is CCC(C(=O)C=Cc1ccc(O)cc1)C(=O)C=Cc1ccc(O)cc1.